The molecule has 0 aromatic heterocycles. The second kappa shape index (κ2) is 8.00. The highest BCUT2D eigenvalue weighted by molar-refractivity contribution is 5.89. The Morgan fingerprint density at radius 1 is 1.24 bits per heavy atom. The average molecular weight is 290 g/mol. The number of rotatable bonds is 5. The van der Waals surface area contributed by atoms with Crippen LogP contribution in [0.4, 0.5) is 10.5 Å². The number of anilines is 1. The number of unbranched alkanes of at least 4 members (excludes halogenated alkanes) is 1. The highest BCUT2D eigenvalue weighted by Crippen LogP contribution is 2.11. The zero-order valence-electron chi connectivity index (χ0n) is 12.8. The molecule has 5 nitrogen and oxygen atoms in total. The molecule has 0 atom stereocenters. The Bertz CT molecular complexity index is 455. The zero-order chi connectivity index (χ0) is 15.1. The lowest BCUT2D eigenvalue weighted by Crippen LogP contribution is -2.50. The van der Waals surface area contributed by atoms with Crippen molar-refractivity contribution >= 4 is 11.7 Å². The van der Waals surface area contributed by atoms with E-state index >= 15 is 0 Å². The molecule has 1 aromatic rings. The molecule has 21 heavy (non-hydrogen) atoms. The van der Waals surface area contributed by atoms with E-state index < -0.39 is 0 Å². The van der Waals surface area contributed by atoms with Crippen molar-refractivity contribution in [3.63, 3.8) is 0 Å². The molecular formula is C16H26N4O. The Balaban J connectivity index is 1.75. The van der Waals surface area contributed by atoms with Crippen molar-refractivity contribution < 1.29 is 4.79 Å². The molecule has 2 amide bonds. The Kier molecular flexibility index (Phi) is 6.02. The molecule has 1 aromatic carbocycles. The van der Waals surface area contributed by atoms with Gasteiger partial charge in [0.1, 0.15) is 0 Å². The zero-order valence-corrected chi connectivity index (χ0v) is 12.8. The molecule has 2 rings (SSSR count). The summed E-state index contributed by atoms with van der Waals surface area (Å²) in [4.78, 5) is 16.5. The Morgan fingerprint density at radius 3 is 2.67 bits per heavy atom. The van der Waals surface area contributed by atoms with Crippen molar-refractivity contribution in [2.24, 2.45) is 5.73 Å². The molecular weight excluding hydrogens is 264 g/mol. The van der Waals surface area contributed by atoms with Crippen LogP contribution in [0.2, 0.25) is 0 Å². The molecule has 1 fully saturated rings. The largest absolute Gasteiger partial charge is 0.330 e. The highest BCUT2D eigenvalue weighted by Gasteiger charge is 2.20. The minimum atomic E-state index is 0.00204. The van der Waals surface area contributed by atoms with Crippen LogP contribution in [0.1, 0.15) is 18.4 Å². The Labute approximate surface area is 127 Å². The normalized spacial score (nSPS) is 16.0. The van der Waals surface area contributed by atoms with E-state index in [2.05, 4.69) is 10.2 Å². The first kappa shape index (κ1) is 15.8. The van der Waals surface area contributed by atoms with Crippen molar-refractivity contribution in [3.05, 3.63) is 29.8 Å². The van der Waals surface area contributed by atoms with Crippen LogP contribution in [0.5, 0.6) is 0 Å². The molecule has 0 aliphatic carbocycles. The van der Waals surface area contributed by atoms with Crippen LogP contribution < -0.4 is 11.1 Å². The monoisotopic (exact) mass is 290 g/mol. The van der Waals surface area contributed by atoms with Gasteiger partial charge < -0.3 is 16.0 Å². The first-order chi connectivity index (χ1) is 10.2. The van der Waals surface area contributed by atoms with E-state index in [9.17, 15) is 4.79 Å². The molecule has 0 bridgehead atoms. The van der Waals surface area contributed by atoms with E-state index in [4.69, 9.17) is 5.73 Å². The Hall–Kier alpha value is -1.59. The maximum Gasteiger partial charge on any atom is 0.321 e. The molecule has 0 unspecified atom stereocenters. The van der Waals surface area contributed by atoms with Gasteiger partial charge in [0.15, 0.2) is 0 Å². The molecule has 1 aliphatic rings. The minimum absolute atomic E-state index is 0.00204. The summed E-state index contributed by atoms with van der Waals surface area (Å²) in [6, 6.07) is 7.90. The molecule has 5 heteroatoms. The van der Waals surface area contributed by atoms with E-state index in [1.165, 1.54) is 0 Å². The SMILES string of the molecule is Cc1cccc(NC(=O)N2CCN(CCCCN)CC2)c1. The molecule has 116 valence electrons. The Morgan fingerprint density at radius 2 is 2.00 bits per heavy atom. The summed E-state index contributed by atoms with van der Waals surface area (Å²) in [5, 5.41) is 2.97. The molecule has 0 saturated carbocycles. The lowest BCUT2D eigenvalue weighted by Gasteiger charge is -2.34. The van der Waals surface area contributed by atoms with Gasteiger partial charge in [0.2, 0.25) is 0 Å². The minimum Gasteiger partial charge on any atom is -0.330 e. The molecule has 3 N–H and O–H groups in total. The van der Waals surface area contributed by atoms with Crippen LogP contribution >= 0.6 is 0 Å². The van der Waals surface area contributed by atoms with Crippen molar-refractivity contribution in [1.82, 2.24) is 9.80 Å². The van der Waals surface area contributed by atoms with Gasteiger partial charge in [-0.1, -0.05) is 12.1 Å². The predicted molar refractivity (Wildman–Crippen MR) is 86.5 cm³/mol. The number of urea groups is 1. The van der Waals surface area contributed by atoms with Crippen LogP contribution in [0.3, 0.4) is 0 Å². The number of carbonyl (C=O) groups excluding carboxylic acids is 1. The van der Waals surface area contributed by atoms with Gasteiger partial charge in [-0.05, 0) is 50.6 Å². The standard InChI is InChI=1S/C16H26N4O/c1-14-5-4-6-15(13-14)18-16(21)20-11-9-19(10-12-20)8-3-2-7-17/h4-6,13H,2-3,7-12,17H2,1H3,(H,18,21). The van der Waals surface area contributed by atoms with Gasteiger partial charge in [-0.15, -0.1) is 0 Å². The molecule has 1 heterocycles. The number of hydrogen-bond donors (Lipinski definition) is 2. The third-order valence-corrected chi connectivity index (χ3v) is 3.86. The van der Waals surface area contributed by atoms with E-state index in [1.54, 1.807) is 0 Å². The fourth-order valence-corrected chi connectivity index (χ4v) is 2.58. The van der Waals surface area contributed by atoms with Gasteiger partial charge >= 0.3 is 6.03 Å². The van der Waals surface area contributed by atoms with Crippen LogP contribution in [0.25, 0.3) is 0 Å². The number of hydrogen-bond acceptors (Lipinski definition) is 3. The summed E-state index contributed by atoms with van der Waals surface area (Å²) in [5.41, 5.74) is 7.53. The summed E-state index contributed by atoms with van der Waals surface area (Å²) < 4.78 is 0. The number of piperazine rings is 1. The number of carbonyl (C=O) groups is 1. The lowest BCUT2D eigenvalue weighted by molar-refractivity contribution is 0.146. The molecule has 0 spiro atoms. The lowest BCUT2D eigenvalue weighted by atomic mass is 10.2. The second-order valence-electron chi connectivity index (χ2n) is 5.62. The van der Waals surface area contributed by atoms with E-state index in [-0.39, 0.29) is 6.03 Å². The quantitative estimate of drug-likeness (QED) is 0.814. The first-order valence-corrected chi connectivity index (χ1v) is 7.74. The summed E-state index contributed by atoms with van der Waals surface area (Å²) >= 11 is 0. The van der Waals surface area contributed by atoms with Gasteiger partial charge in [-0.2, -0.15) is 0 Å². The topological polar surface area (TPSA) is 61.6 Å². The number of aryl methyl sites for hydroxylation is 1. The second-order valence-corrected chi connectivity index (χ2v) is 5.62. The summed E-state index contributed by atoms with van der Waals surface area (Å²) in [7, 11) is 0. The number of nitrogens with two attached hydrogens (primary N) is 1. The molecule has 1 saturated heterocycles. The summed E-state index contributed by atoms with van der Waals surface area (Å²) in [5.74, 6) is 0. The first-order valence-electron chi connectivity index (χ1n) is 7.74. The van der Waals surface area contributed by atoms with Crippen molar-refractivity contribution in [2.75, 3.05) is 44.6 Å². The predicted octanol–water partition coefficient (Wildman–Crippen LogP) is 1.88. The highest BCUT2D eigenvalue weighted by atomic mass is 16.2. The number of benzene rings is 1. The average Bonchev–Trinajstić information content (AvgIpc) is 2.48. The number of nitrogens with zero attached hydrogens (tertiary/aromatic N) is 2. The van der Waals surface area contributed by atoms with Gasteiger partial charge in [-0.3, -0.25) is 4.90 Å². The van der Waals surface area contributed by atoms with Gasteiger partial charge in [0, 0.05) is 31.9 Å². The van der Waals surface area contributed by atoms with Crippen LogP contribution in [0.15, 0.2) is 24.3 Å². The fraction of sp³-hybridized carbons (Fsp3) is 0.562. The maximum absolute atomic E-state index is 12.2. The number of nitrogens with one attached hydrogen (secondary N) is 1. The third kappa shape index (κ3) is 5.02. The third-order valence-electron chi connectivity index (χ3n) is 3.86. The number of amides is 2. The van der Waals surface area contributed by atoms with Crippen LogP contribution in [-0.2, 0) is 0 Å². The van der Waals surface area contributed by atoms with Gasteiger partial charge in [0.05, 0.1) is 0 Å². The summed E-state index contributed by atoms with van der Waals surface area (Å²) in [6.07, 6.45) is 2.22. The van der Waals surface area contributed by atoms with Gasteiger partial charge in [-0.25, -0.2) is 4.79 Å². The van der Waals surface area contributed by atoms with E-state index in [0.29, 0.717) is 0 Å². The van der Waals surface area contributed by atoms with Crippen molar-refractivity contribution in [1.29, 1.82) is 0 Å². The summed E-state index contributed by atoms with van der Waals surface area (Å²) in [6.45, 7) is 7.36. The molecule has 1 aliphatic heterocycles. The smallest absolute Gasteiger partial charge is 0.321 e. The van der Waals surface area contributed by atoms with Crippen molar-refractivity contribution in [3.8, 4) is 0 Å². The van der Waals surface area contributed by atoms with Crippen LogP contribution in [-0.4, -0.2) is 55.1 Å². The van der Waals surface area contributed by atoms with Crippen molar-refractivity contribution in [2.45, 2.75) is 19.8 Å². The maximum atomic E-state index is 12.2. The van der Waals surface area contributed by atoms with E-state index in [1.807, 2.05) is 36.1 Å². The van der Waals surface area contributed by atoms with E-state index in [0.717, 1.165) is 63.4 Å². The molecule has 0 radical (unpaired) electrons. The van der Waals surface area contributed by atoms with Crippen LogP contribution in [0, 0.1) is 6.92 Å². The fourth-order valence-electron chi connectivity index (χ4n) is 2.58. The van der Waals surface area contributed by atoms with Gasteiger partial charge in [0.25, 0.3) is 0 Å².